The molecule has 0 spiro atoms. The predicted molar refractivity (Wildman–Crippen MR) is 59.1 cm³/mol. The highest BCUT2D eigenvalue weighted by Gasteiger charge is 2.29. The smallest absolute Gasteiger partial charge is 0.316 e. The molecule has 0 saturated carbocycles. The molecule has 1 rings (SSSR count). The molecule has 1 atom stereocenters. The molecule has 5 heteroatoms. The molecule has 0 aromatic heterocycles. The first kappa shape index (κ1) is 14.4. The SMILES string of the molecule is CC(C)OC(=O)C1CCNCCC1=O.Cl. The summed E-state index contributed by atoms with van der Waals surface area (Å²) >= 11 is 0. The molecule has 1 aliphatic heterocycles. The number of esters is 1. The summed E-state index contributed by atoms with van der Waals surface area (Å²) in [4.78, 5) is 23.0. The van der Waals surface area contributed by atoms with Crippen molar-refractivity contribution in [1.82, 2.24) is 5.32 Å². The summed E-state index contributed by atoms with van der Waals surface area (Å²) in [6, 6.07) is 0. The van der Waals surface area contributed by atoms with Crippen molar-refractivity contribution in [3.05, 3.63) is 0 Å². The minimum atomic E-state index is -0.549. The summed E-state index contributed by atoms with van der Waals surface area (Å²) in [6.07, 6.45) is 0.842. The molecular formula is C10H18ClNO3. The van der Waals surface area contributed by atoms with Crippen LogP contribution in [0.25, 0.3) is 0 Å². The number of carbonyl (C=O) groups excluding carboxylic acids is 2. The Hall–Kier alpha value is -0.610. The molecule has 4 nitrogen and oxygen atoms in total. The summed E-state index contributed by atoms with van der Waals surface area (Å²) in [6.45, 7) is 4.96. The van der Waals surface area contributed by atoms with Crippen molar-refractivity contribution in [2.75, 3.05) is 13.1 Å². The van der Waals surface area contributed by atoms with E-state index in [1.165, 1.54) is 0 Å². The number of hydrogen-bond acceptors (Lipinski definition) is 4. The van der Waals surface area contributed by atoms with Crippen LogP contribution in [0.3, 0.4) is 0 Å². The van der Waals surface area contributed by atoms with E-state index in [0.717, 1.165) is 0 Å². The number of ether oxygens (including phenoxy) is 1. The molecule has 0 aromatic rings. The van der Waals surface area contributed by atoms with E-state index >= 15 is 0 Å². The van der Waals surface area contributed by atoms with Crippen LogP contribution in [0.5, 0.6) is 0 Å². The molecule has 0 aromatic carbocycles. The van der Waals surface area contributed by atoms with Crippen molar-refractivity contribution in [3.8, 4) is 0 Å². The lowest BCUT2D eigenvalue weighted by Crippen LogP contribution is -2.28. The number of Topliss-reactive ketones (excluding diaryl/α,β-unsaturated/α-hetero) is 1. The van der Waals surface area contributed by atoms with Gasteiger partial charge in [0.15, 0.2) is 0 Å². The minimum Gasteiger partial charge on any atom is -0.462 e. The zero-order chi connectivity index (χ0) is 10.6. The summed E-state index contributed by atoms with van der Waals surface area (Å²) in [5.41, 5.74) is 0. The molecule has 0 amide bonds. The third-order valence-electron chi connectivity index (χ3n) is 2.18. The number of nitrogens with one attached hydrogen (secondary N) is 1. The topological polar surface area (TPSA) is 55.4 Å². The van der Waals surface area contributed by atoms with Crippen molar-refractivity contribution < 1.29 is 14.3 Å². The zero-order valence-corrected chi connectivity index (χ0v) is 9.93. The van der Waals surface area contributed by atoms with E-state index in [4.69, 9.17) is 4.74 Å². The first-order valence-electron chi connectivity index (χ1n) is 5.05. The van der Waals surface area contributed by atoms with Gasteiger partial charge in [-0.05, 0) is 26.8 Å². The van der Waals surface area contributed by atoms with Crippen molar-refractivity contribution in [3.63, 3.8) is 0 Å². The van der Waals surface area contributed by atoms with Crippen molar-refractivity contribution >= 4 is 24.2 Å². The maximum absolute atomic E-state index is 11.5. The normalized spacial score (nSPS) is 21.8. The zero-order valence-electron chi connectivity index (χ0n) is 9.12. The number of halogens is 1. The van der Waals surface area contributed by atoms with Crippen LogP contribution >= 0.6 is 12.4 Å². The third-order valence-corrected chi connectivity index (χ3v) is 2.18. The summed E-state index contributed by atoms with van der Waals surface area (Å²) in [7, 11) is 0. The molecule has 1 fully saturated rings. The Bertz CT molecular complexity index is 231. The molecule has 0 bridgehead atoms. The molecule has 88 valence electrons. The van der Waals surface area contributed by atoms with Crippen LogP contribution in [-0.4, -0.2) is 30.9 Å². The molecule has 0 radical (unpaired) electrons. The quantitative estimate of drug-likeness (QED) is 0.572. The highest BCUT2D eigenvalue weighted by molar-refractivity contribution is 5.99. The van der Waals surface area contributed by atoms with Crippen LogP contribution in [0, 0.1) is 5.92 Å². The average Bonchev–Trinajstić information content (AvgIpc) is 2.28. The second kappa shape index (κ2) is 6.80. The fourth-order valence-corrected chi connectivity index (χ4v) is 1.48. The lowest BCUT2D eigenvalue weighted by Gasteiger charge is -2.14. The lowest BCUT2D eigenvalue weighted by atomic mass is 9.99. The van der Waals surface area contributed by atoms with E-state index in [1.807, 2.05) is 0 Å². The first-order valence-corrected chi connectivity index (χ1v) is 5.05. The van der Waals surface area contributed by atoms with Gasteiger partial charge in [-0.2, -0.15) is 0 Å². The average molecular weight is 236 g/mol. The Morgan fingerprint density at radius 2 is 2.13 bits per heavy atom. The summed E-state index contributed by atoms with van der Waals surface area (Å²) in [5.74, 6) is -0.915. The maximum atomic E-state index is 11.5. The van der Waals surface area contributed by atoms with E-state index in [-0.39, 0.29) is 30.3 Å². The molecule has 1 unspecified atom stereocenters. The number of hydrogen-bond donors (Lipinski definition) is 1. The van der Waals surface area contributed by atoms with Crippen LogP contribution in [0.4, 0.5) is 0 Å². The molecular weight excluding hydrogens is 218 g/mol. The number of rotatable bonds is 2. The Balaban J connectivity index is 0.00000196. The molecule has 0 aliphatic carbocycles. The third kappa shape index (κ3) is 4.62. The van der Waals surface area contributed by atoms with E-state index < -0.39 is 5.92 Å². The van der Waals surface area contributed by atoms with Crippen LogP contribution in [0.1, 0.15) is 26.7 Å². The monoisotopic (exact) mass is 235 g/mol. The van der Waals surface area contributed by atoms with Gasteiger partial charge in [-0.15, -0.1) is 12.4 Å². The fraction of sp³-hybridized carbons (Fsp3) is 0.800. The standard InChI is InChI=1S/C10H17NO3.ClH/c1-7(2)14-10(13)8-3-5-11-6-4-9(8)12;/h7-8,11H,3-6H2,1-2H3;1H. The number of carbonyl (C=O) groups is 2. The molecule has 1 N–H and O–H groups in total. The maximum Gasteiger partial charge on any atom is 0.316 e. The van der Waals surface area contributed by atoms with Gasteiger partial charge >= 0.3 is 5.97 Å². The summed E-state index contributed by atoms with van der Waals surface area (Å²) < 4.78 is 5.03. The first-order chi connectivity index (χ1) is 6.61. The van der Waals surface area contributed by atoms with Crippen molar-refractivity contribution in [1.29, 1.82) is 0 Å². The van der Waals surface area contributed by atoms with E-state index in [2.05, 4.69) is 5.32 Å². The highest BCUT2D eigenvalue weighted by atomic mass is 35.5. The summed E-state index contributed by atoms with van der Waals surface area (Å²) in [5, 5.41) is 3.09. The van der Waals surface area contributed by atoms with Gasteiger partial charge in [0.2, 0.25) is 0 Å². The lowest BCUT2D eigenvalue weighted by molar-refractivity contribution is -0.155. The van der Waals surface area contributed by atoms with Gasteiger partial charge in [-0.1, -0.05) is 0 Å². The van der Waals surface area contributed by atoms with Crippen molar-refractivity contribution in [2.24, 2.45) is 5.92 Å². The predicted octanol–water partition coefficient (Wildman–Crippen LogP) is 0.928. The number of ketones is 1. The van der Waals surface area contributed by atoms with E-state index in [1.54, 1.807) is 13.8 Å². The van der Waals surface area contributed by atoms with Crippen molar-refractivity contribution in [2.45, 2.75) is 32.8 Å². The van der Waals surface area contributed by atoms with Crippen LogP contribution in [0.2, 0.25) is 0 Å². The molecule has 1 heterocycles. The Labute approximate surface area is 96.2 Å². The largest absolute Gasteiger partial charge is 0.462 e. The van der Waals surface area contributed by atoms with E-state index in [0.29, 0.717) is 25.9 Å². The van der Waals surface area contributed by atoms with Gasteiger partial charge < -0.3 is 10.1 Å². The Morgan fingerprint density at radius 1 is 1.47 bits per heavy atom. The van der Waals surface area contributed by atoms with Gasteiger partial charge in [0.05, 0.1) is 6.10 Å². The van der Waals surface area contributed by atoms with Gasteiger partial charge in [0.25, 0.3) is 0 Å². The second-order valence-electron chi connectivity index (χ2n) is 3.79. The minimum absolute atomic E-state index is 0. The van der Waals surface area contributed by atoms with Gasteiger partial charge in [-0.25, -0.2) is 0 Å². The molecule has 1 saturated heterocycles. The van der Waals surface area contributed by atoms with Gasteiger partial charge in [-0.3, -0.25) is 9.59 Å². The van der Waals surface area contributed by atoms with Crippen LogP contribution in [0.15, 0.2) is 0 Å². The highest BCUT2D eigenvalue weighted by Crippen LogP contribution is 2.12. The van der Waals surface area contributed by atoms with Crippen LogP contribution in [-0.2, 0) is 14.3 Å². The van der Waals surface area contributed by atoms with E-state index in [9.17, 15) is 9.59 Å². The molecule has 15 heavy (non-hydrogen) atoms. The Kier molecular flexibility index (Phi) is 6.52. The Morgan fingerprint density at radius 3 is 2.73 bits per heavy atom. The van der Waals surface area contributed by atoms with Gasteiger partial charge in [0.1, 0.15) is 11.7 Å². The van der Waals surface area contributed by atoms with Gasteiger partial charge in [0, 0.05) is 13.0 Å². The fourth-order valence-electron chi connectivity index (χ4n) is 1.48. The second-order valence-corrected chi connectivity index (χ2v) is 3.79. The van der Waals surface area contributed by atoms with Crippen LogP contribution < -0.4 is 5.32 Å². The molecule has 1 aliphatic rings.